The van der Waals surface area contributed by atoms with E-state index in [9.17, 15) is 28.8 Å². The van der Waals surface area contributed by atoms with Gasteiger partial charge in [-0.1, -0.05) is 0 Å². The number of amides is 6. The van der Waals surface area contributed by atoms with Gasteiger partial charge in [-0.15, -0.1) is 0 Å². The zero-order chi connectivity index (χ0) is 42.4. The summed E-state index contributed by atoms with van der Waals surface area (Å²) in [7, 11) is 6.74. The number of carbonyl (C=O) groups excluding carboxylic acids is 6. The van der Waals surface area contributed by atoms with E-state index in [-0.39, 0.29) is 61.1 Å². The smallest absolute Gasteiger partial charge is 0.272 e. The molecule has 0 atom stereocenters. The molecule has 4 aromatic rings. The molecule has 6 amide bonds. The minimum Gasteiger partial charge on any atom is -0.388 e. The largest absolute Gasteiger partial charge is 0.388 e. The fourth-order valence-electron chi connectivity index (χ4n) is 5.23. The van der Waals surface area contributed by atoms with Gasteiger partial charge in [0.15, 0.2) is 0 Å². The monoisotopic (exact) mass is 787 g/mol. The summed E-state index contributed by atoms with van der Waals surface area (Å²) >= 11 is 0. The van der Waals surface area contributed by atoms with Gasteiger partial charge in [0.2, 0.25) is 12.3 Å². The highest BCUT2D eigenvalue weighted by atomic mass is 16.2. The molecule has 4 rings (SSSR count). The summed E-state index contributed by atoms with van der Waals surface area (Å²) in [5.74, 6) is -1.79. The number of anilines is 4. The highest BCUT2D eigenvalue weighted by Gasteiger charge is 2.18. The molecule has 0 bridgehead atoms. The van der Waals surface area contributed by atoms with E-state index in [0.29, 0.717) is 70.6 Å². The van der Waals surface area contributed by atoms with Crippen LogP contribution in [0.4, 0.5) is 22.7 Å². The average Bonchev–Trinajstić information content (AvgIpc) is 3.88. The van der Waals surface area contributed by atoms with Crippen LogP contribution < -0.4 is 43.4 Å². The van der Waals surface area contributed by atoms with Crippen LogP contribution in [-0.4, -0.2) is 84.7 Å². The van der Waals surface area contributed by atoms with Crippen molar-refractivity contribution in [3.8, 4) is 0 Å². The molecule has 57 heavy (non-hydrogen) atoms. The van der Waals surface area contributed by atoms with Crippen LogP contribution in [0.3, 0.4) is 0 Å². The maximum Gasteiger partial charge on any atom is 0.272 e. The summed E-state index contributed by atoms with van der Waals surface area (Å²) in [6.07, 6.45) is 7.98. The average molecular weight is 788 g/mol. The quantitative estimate of drug-likeness (QED) is 0.0399. The molecule has 21 heteroatoms. The van der Waals surface area contributed by atoms with Crippen LogP contribution in [0.25, 0.3) is 0 Å². The number of aryl methyl sites for hydroxylation is 4. The third-order valence-corrected chi connectivity index (χ3v) is 8.06. The molecule has 0 saturated carbocycles. The molecule has 304 valence electrons. The Balaban J connectivity index is 0.000000310. The number of nitrogens with zero attached hydrogens (tertiary/aromatic N) is 4. The van der Waals surface area contributed by atoms with Gasteiger partial charge in [-0.05, 0) is 31.2 Å². The number of hydrogen-bond donors (Lipinski definition) is 11. The zero-order valence-corrected chi connectivity index (χ0v) is 32.3. The van der Waals surface area contributed by atoms with E-state index >= 15 is 0 Å². The molecule has 0 saturated heterocycles. The molecule has 0 aliphatic rings. The van der Waals surface area contributed by atoms with Crippen molar-refractivity contribution in [1.29, 1.82) is 16.2 Å². The first-order valence-corrected chi connectivity index (χ1v) is 17.4. The Hall–Kier alpha value is -7.45. The van der Waals surface area contributed by atoms with Crippen molar-refractivity contribution in [3.63, 3.8) is 0 Å². The van der Waals surface area contributed by atoms with Gasteiger partial charge in [-0.2, -0.15) is 0 Å². The highest BCUT2D eigenvalue weighted by Crippen LogP contribution is 2.19. The summed E-state index contributed by atoms with van der Waals surface area (Å²) in [6, 6.07) is 6.20. The number of nitrogens with two attached hydrogens (primary N) is 2. The molecule has 0 aromatic carbocycles. The third kappa shape index (κ3) is 13.4. The fraction of sp³-hybridized carbons (Fsp3) is 0.306. The SMILES string of the molecule is CC(=N)CCNC(=O)c1cc(NC(=O)c2cc(NC=O)cn2C)cn1C.Cn1cc(NC(=O)c2cc(NC(=O)CCC(=N)N)cn2C)cc1C(=O)NCCC(=N)N. The summed E-state index contributed by atoms with van der Waals surface area (Å²) < 4.78 is 6.35. The number of carbonyl (C=O) groups is 6. The van der Waals surface area contributed by atoms with Crippen LogP contribution in [-0.2, 0) is 37.8 Å². The molecular formula is C36H49N15O6. The number of rotatable bonds is 18. The molecule has 0 radical (unpaired) electrons. The van der Waals surface area contributed by atoms with Gasteiger partial charge >= 0.3 is 0 Å². The minimum absolute atomic E-state index is 0.0166. The Morgan fingerprint density at radius 3 is 1.33 bits per heavy atom. The molecule has 0 aliphatic carbocycles. The molecule has 0 aliphatic heterocycles. The second kappa shape index (κ2) is 20.3. The maximum absolute atomic E-state index is 12.6. The first-order chi connectivity index (χ1) is 26.9. The molecule has 0 spiro atoms. The summed E-state index contributed by atoms with van der Waals surface area (Å²) in [4.78, 5) is 71.9. The Morgan fingerprint density at radius 1 is 0.561 bits per heavy atom. The zero-order valence-electron chi connectivity index (χ0n) is 32.3. The number of hydrogen-bond acceptors (Lipinski definition) is 9. The lowest BCUT2D eigenvalue weighted by Crippen LogP contribution is -2.28. The summed E-state index contributed by atoms with van der Waals surface area (Å²) in [5.41, 5.74) is 14.3. The van der Waals surface area contributed by atoms with Gasteiger partial charge in [0.05, 0.1) is 34.4 Å². The lowest BCUT2D eigenvalue weighted by molar-refractivity contribution is -0.116. The Morgan fingerprint density at radius 2 is 0.930 bits per heavy atom. The lowest BCUT2D eigenvalue weighted by atomic mass is 10.2. The molecule has 4 aromatic heterocycles. The Bertz CT molecular complexity index is 2170. The summed E-state index contributed by atoms with van der Waals surface area (Å²) in [5, 5.41) is 37.7. The van der Waals surface area contributed by atoms with Gasteiger partial charge in [0.1, 0.15) is 22.8 Å². The van der Waals surface area contributed by atoms with Gasteiger partial charge < -0.3 is 67.0 Å². The molecule has 4 heterocycles. The second-order valence-corrected chi connectivity index (χ2v) is 13.0. The van der Waals surface area contributed by atoms with Crippen molar-refractivity contribution in [2.75, 3.05) is 34.4 Å². The van der Waals surface area contributed by atoms with Gasteiger partial charge in [0.25, 0.3) is 23.6 Å². The van der Waals surface area contributed by atoms with E-state index in [0.717, 1.165) is 0 Å². The van der Waals surface area contributed by atoms with Crippen LogP contribution in [0.1, 0.15) is 74.6 Å². The van der Waals surface area contributed by atoms with Crippen LogP contribution in [0.15, 0.2) is 49.1 Å². The number of amidine groups is 2. The standard InChI is InChI=1S/C19H27N9O3.C17H22N6O3/c1-27-10-12(8-13(27)18(30)24-6-5-16(22)23)26-19(31)14-7-11(9-28(14)2)25-17(29)4-3-15(20)21;1-11(18)4-5-19-16(25)14-7-13(9-23(14)3)21-17(26)15-6-12(20-10-24)8-22(15)2/h7-10H,3-6H2,1-2H3,(H3,20,21)(H3,22,23)(H,24,30)(H,25,29)(H,26,31);6-10,18H,4-5H2,1-3H3,(H,19,25)(H,20,24)(H,21,26). The topological polar surface area (TPSA) is 318 Å². The molecular weight excluding hydrogens is 738 g/mol. The van der Waals surface area contributed by atoms with E-state index in [1.807, 2.05) is 0 Å². The van der Waals surface area contributed by atoms with Crippen molar-refractivity contribution in [1.82, 2.24) is 28.9 Å². The molecule has 0 unspecified atom stereocenters. The van der Waals surface area contributed by atoms with Crippen LogP contribution in [0.2, 0.25) is 0 Å². The Labute approximate surface area is 328 Å². The molecule has 0 fully saturated rings. The number of nitrogens with one attached hydrogen (secondary N) is 9. The van der Waals surface area contributed by atoms with Crippen molar-refractivity contribution in [3.05, 3.63) is 71.8 Å². The predicted octanol–water partition coefficient (Wildman–Crippen LogP) is 1.67. The highest BCUT2D eigenvalue weighted by molar-refractivity contribution is 6.06. The second-order valence-electron chi connectivity index (χ2n) is 13.0. The van der Waals surface area contributed by atoms with E-state index in [4.69, 9.17) is 27.7 Å². The van der Waals surface area contributed by atoms with Crippen LogP contribution >= 0.6 is 0 Å². The lowest BCUT2D eigenvalue weighted by Gasteiger charge is -2.04. The van der Waals surface area contributed by atoms with E-state index in [2.05, 4.69) is 31.9 Å². The minimum atomic E-state index is -0.416. The van der Waals surface area contributed by atoms with E-state index < -0.39 is 5.91 Å². The maximum atomic E-state index is 12.6. The summed E-state index contributed by atoms with van der Waals surface area (Å²) in [6.45, 7) is 2.31. The normalized spacial score (nSPS) is 10.3. The van der Waals surface area contributed by atoms with Crippen LogP contribution in [0.5, 0.6) is 0 Å². The van der Waals surface area contributed by atoms with Gasteiger partial charge in [-0.3, -0.25) is 39.6 Å². The van der Waals surface area contributed by atoms with E-state index in [1.165, 1.54) is 12.1 Å². The first kappa shape index (κ1) is 44.0. The molecule has 21 nitrogen and oxygen atoms in total. The first-order valence-electron chi connectivity index (χ1n) is 17.4. The number of aromatic nitrogens is 4. The van der Waals surface area contributed by atoms with Crippen LogP contribution in [0, 0.1) is 16.2 Å². The van der Waals surface area contributed by atoms with Crippen molar-refractivity contribution in [2.24, 2.45) is 39.7 Å². The molecule has 13 N–H and O–H groups in total. The van der Waals surface area contributed by atoms with Crippen molar-refractivity contribution >= 4 is 76.1 Å². The van der Waals surface area contributed by atoms with Gasteiger partial charge in [-0.25, -0.2) is 0 Å². The fourth-order valence-corrected chi connectivity index (χ4v) is 5.23. The van der Waals surface area contributed by atoms with Gasteiger partial charge in [0, 0.05) is 97.5 Å². The van der Waals surface area contributed by atoms with E-state index in [1.54, 1.807) is 90.3 Å². The predicted molar refractivity (Wildman–Crippen MR) is 216 cm³/mol. The van der Waals surface area contributed by atoms with Crippen molar-refractivity contribution < 1.29 is 28.8 Å². The third-order valence-electron chi connectivity index (χ3n) is 8.06. The van der Waals surface area contributed by atoms with Crippen molar-refractivity contribution in [2.45, 2.75) is 32.6 Å². The Kier molecular flexibility index (Phi) is 15.6.